The van der Waals surface area contributed by atoms with E-state index in [0.29, 0.717) is 24.4 Å². The number of fused-ring (bicyclic) bond motifs is 2. The summed E-state index contributed by atoms with van der Waals surface area (Å²) in [4.78, 5) is 14.2. The number of quaternary nitrogens is 1. The molecule has 0 saturated heterocycles. The smallest absolute Gasteiger partial charge is 0.231 e. The van der Waals surface area contributed by atoms with Crippen molar-refractivity contribution in [3.8, 4) is 17.2 Å². The van der Waals surface area contributed by atoms with Crippen LogP contribution in [0.1, 0.15) is 70.0 Å². The van der Waals surface area contributed by atoms with Crippen molar-refractivity contribution in [1.29, 1.82) is 0 Å². The lowest BCUT2D eigenvalue weighted by Gasteiger charge is -2.32. The number of carbonyl (C=O) groups is 1. The number of hydrogen-bond donors (Lipinski definition) is 1. The van der Waals surface area contributed by atoms with Gasteiger partial charge in [0.1, 0.15) is 11.8 Å². The number of ether oxygens (including phenoxy) is 3. The van der Waals surface area contributed by atoms with Crippen LogP contribution in [0.4, 0.5) is 0 Å². The quantitative estimate of drug-likeness (QED) is 0.621. The molecule has 0 spiro atoms. The monoisotopic (exact) mass is 414 g/mol. The number of likely N-dealkylation sites (N-methyl/N-ethyl adjacent to an activating group) is 1. The maximum absolute atomic E-state index is 12.8. The highest BCUT2D eigenvalue weighted by Crippen LogP contribution is 2.47. The van der Waals surface area contributed by atoms with E-state index in [0.717, 1.165) is 49.3 Å². The van der Waals surface area contributed by atoms with Crippen molar-refractivity contribution in [3.63, 3.8) is 0 Å². The summed E-state index contributed by atoms with van der Waals surface area (Å²) in [5.74, 6) is 2.48. The maximum atomic E-state index is 12.8. The first kappa shape index (κ1) is 22.4. The van der Waals surface area contributed by atoms with Crippen LogP contribution >= 0.6 is 0 Å². The molecular weight excluding hydrogens is 378 g/mol. The summed E-state index contributed by atoms with van der Waals surface area (Å²) in [6, 6.07) is 2.16. The van der Waals surface area contributed by atoms with Crippen LogP contribution in [0.2, 0.25) is 0 Å². The predicted molar refractivity (Wildman–Crippen MR) is 119 cm³/mol. The van der Waals surface area contributed by atoms with Gasteiger partial charge in [-0.05, 0) is 51.7 Å². The zero-order valence-corrected chi connectivity index (χ0v) is 19.1. The molecule has 5 nitrogen and oxygen atoms in total. The molecule has 0 bridgehead atoms. The molecule has 2 heterocycles. The molecule has 0 saturated carbocycles. The molecule has 0 fully saturated rings. The average Bonchev–Trinajstić information content (AvgIpc) is 3.16. The summed E-state index contributed by atoms with van der Waals surface area (Å²) in [6.07, 6.45) is 9.50. The van der Waals surface area contributed by atoms with Gasteiger partial charge >= 0.3 is 0 Å². The van der Waals surface area contributed by atoms with Gasteiger partial charge in [0.25, 0.3) is 0 Å². The van der Waals surface area contributed by atoms with Crippen molar-refractivity contribution in [1.82, 2.24) is 0 Å². The number of nitrogens with one attached hydrogen (secondary N) is 1. The van der Waals surface area contributed by atoms with Crippen LogP contribution in [-0.4, -0.2) is 33.3 Å². The number of Topliss-reactive ketones (excluding diaryl/α,β-unsaturated/α-hetero) is 1. The molecule has 5 heteroatoms. The summed E-state index contributed by atoms with van der Waals surface area (Å²) < 4.78 is 17.0. The van der Waals surface area contributed by atoms with Crippen molar-refractivity contribution in [2.45, 2.75) is 65.3 Å². The average molecular weight is 415 g/mol. The van der Waals surface area contributed by atoms with E-state index in [1.165, 1.54) is 21.6 Å². The standard InChI is InChI=1S/C25H35NO4/c1-17(2)8-6-9-18(3)10-7-11-20(27)15-21-23-19(12-13-26(21)4)14-22-24(25(23)28-5)30-16-29-22/h8,10,14,21H,6-7,9,11-13,15-16H2,1-5H3/p+1/b18-10+/t21-/m0/s1. The van der Waals surface area contributed by atoms with Crippen molar-refractivity contribution in [3.05, 3.63) is 40.5 Å². The molecule has 2 atom stereocenters. The molecule has 2 aliphatic rings. The second-order valence-corrected chi connectivity index (χ2v) is 8.77. The second-order valence-electron chi connectivity index (χ2n) is 8.77. The molecule has 1 aromatic rings. The third-order valence-corrected chi connectivity index (χ3v) is 6.12. The topological polar surface area (TPSA) is 49.2 Å². The molecular formula is C25H36NO4+. The van der Waals surface area contributed by atoms with Crippen LogP contribution < -0.4 is 19.1 Å². The fourth-order valence-corrected chi connectivity index (χ4v) is 4.40. The minimum Gasteiger partial charge on any atom is -0.492 e. The Kier molecular flexibility index (Phi) is 7.59. The lowest BCUT2D eigenvalue weighted by molar-refractivity contribution is -0.914. The first-order chi connectivity index (χ1) is 14.4. The number of hydrogen-bond acceptors (Lipinski definition) is 4. The molecule has 1 N–H and O–H groups in total. The fraction of sp³-hybridized carbons (Fsp3) is 0.560. The Bertz CT molecular complexity index is 836. The first-order valence-electron chi connectivity index (χ1n) is 11.0. The molecule has 0 aromatic heterocycles. The van der Waals surface area contributed by atoms with Gasteiger partial charge in [0, 0.05) is 12.8 Å². The Morgan fingerprint density at radius 1 is 1.20 bits per heavy atom. The van der Waals surface area contributed by atoms with Crippen LogP contribution in [0.5, 0.6) is 17.2 Å². The summed E-state index contributed by atoms with van der Waals surface area (Å²) >= 11 is 0. The Balaban J connectivity index is 1.66. The van der Waals surface area contributed by atoms with Gasteiger partial charge < -0.3 is 19.1 Å². The van der Waals surface area contributed by atoms with Gasteiger partial charge in [-0.15, -0.1) is 0 Å². The van der Waals surface area contributed by atoms with Gasteiger partial charge in [-0.2, -0.15) is 0 Å². The van der Waals surface area contributed by atoms with E-state index in [2.05, 4.69) is 46.0 Å². The number of methoxy groups -OCH3 is 1. The largest absolute Gasteiger partial charge is 0.492 e. The van der Waals surface area contributed by atoms with E-state index >= 15 is 0 Å². The number of rotatable bonds is 9. The number of carbonyl (C=O) groups excluding carboxylic acids is 1. The normalized spacial score (nSPS) is 20.0. The molecule has 2 aliphatic heterocycles. The van der Waals surface area contributed by atoms with Gasteiger partial charge in [-0.3, -0.25) is 4.79 Å². The molecule has 164 valence electrons. The van der Waals surface area contributed by atoms with Gasteiger partial charge in [0.05, 0.1) is 32.7 Å². The van der Waals surface area contributed by atoms with E-state index < -0.39 is 0 Å². The zero-order valence-electron chi connectivity index (χ0n) is 19.1. The Morgan fingerprint density at radius 3 is 2.70 bits per heavy atom. The minimum absolute atomic E-state index is 0.0912. The second kappa shape index (κ2) is 10.2. The lowest BCUT2D eigenvalue weighted by Crippen LogP contribution is -3.10. The van der Waals surface area contributed by atoms with Crippen LogP contribution in [0.25, 0.3) is 0 Å². The maximum Gasteiger partial charge on any atom is 0.231 e. The number of benzene rings is 1. The SMILES string of the molecule is COc1c2c(cc3c1[C@H](CC(=O)CC/C=C(\C)CCC=C(C)C)[NH+](C)CC3)OCO2. The van der Waals surface area contributed by atoms with E-state index in [1.54, 1.807) is 7.11 Å². The van der Waals surface area contributed by atoms with Gasteiger partial charge in [0.2, 0.25) is 12.5 Å². The predicted octanol–water partition coefficient (Wildman–Crippen LogP) is 3.97. The Morgan fingerprint density at radius 2 is 1.97 bits per heavy atom. The highest BCUT2D eigenvalue weighted by Gasteiger charge is 2.37. The molecule has 1 aromatic carbocycles. The Labute approximate surface area is 180 Å². The van der Waals surface area contributed by atoms with Crippen molar-refractivity contribution >= 4 is 5.78 Å². The van der Waals surface area contributed by atoms with Gasteiger partial charge in [-0.1, -0.05) is 23.3 Å². The van der Waals surface area contributed by atoms with Gasteiger partial charge in [-0.25, -0.2) is 0 Å². The summed E-state index contributed by atoms with van der Waals surface area (Å²) in [5.41, 5.74) is 5.05. The van der Waals surface area contributed by atoms with Crippen molar-refractivity contribution in [2.24, 2.45) is 0 Å². The molecule has 0 radical (unpaired) electrons. The van der Waals surface area contributed by atoms with E-state index in [1.807, 2.05) is 0 Å². The highest BCUT2D eigenvalue weighted by atomic mass is 16.7. The molecule has 0 amide bonds. The summed E-state index contributed by atoms with van der Waals surface area (Å²) in [7, 11) is 3.83. The Hall–Kier alpha value is -2.27. The molecule has 30 heavy (non-hydrogen) atoms. The molecule has 3 rings (SSSR count). The van der Waals surface area contributed by atoms with E-state index in [-0.39, 0.29) is 12.8 Å². The van der Waals surface area contributed by atoms with Crippen LogP contribution in [0.3, 0.4) is 0 Å². The highest BCUT2D eigenvalue weighted by molar-refractivity contribution is 5.79. The number of ketones is 1. The third-order valence-electron chi connectivity index (χ3n) is 6.12. The number of allylic oxidation sites excluding steroid dienone is 4. The zero-order chi connectivity index (χ0) is 21.7. The lowest BCUT2D eigenvalue weighted by atomic mass is 9.88. The van der Waals surface area contributed by atoms with Crippen LogP contribution in [0.15, 0.2) is 29.4 Å². The van der Waals surface area contributed by atoms with Crippen molar-refractivity contribution in [2.75, 3.05) is 27.5 Å². The molecule has 0 aliphatic carbocycles. The minimum atomic E-state index is 0.0912. The van der Waals surface area contributed by atoms with Crippen LogP contribution in [0, 0.1) is 0 Å². The van der Waals surface area contributed by atoms with Crippen LogP contribution in [-0.2, 0) is 11.2 Å². The summed E-state index contributed by atoms with van der Waals surface area (Å²) in [5, 5.41) is 0. The summed E-state index contributed by atoms with van der Waals surface area (Å²) in [6.45, 7) is 7.63. The molecule has 1 unspecified atom stereocenters. The first-order valence-corrected chi connectivity index (χ1v) is 11.0. The van der Waals surface area contributed by atoms with E-state index in [9.17, 15) is 4.79 Å². The van der Waals surface area contributed by atoms with Gasteiger partial charge in [0.15, 0.2) is 11.5 Å². The third kappa shape index (κ3) is 5.25. The fourth-order valence-electron chi connectivity index (χ4n) is 4.40. The van der Waals surface area contributed by atoms with Crippen molar-refractivity contribution < 1.29 is 23.9 Å². The van der Waals surface area contributed by atoms with E-state index in [4.69, 9.17) is 14.2 Å².